The van der Waals surface area contributed by atoms with E-state index in [2.05, 4.69) is 31.5 Å². The van der Waals surface area contributed by atoms with Crippen molar-refractivity contribution >= 4 is 11.6 Å². The second kappa shape index (κ2) is 9.16. The highest BCUT2D eigenvalue weighted by Crippen LogP contribution is 2.33. The Labute approximate surface area is 190 Å². The van der Waals surface area contributed by atoms with Crippen LogP contribution in [0.5, 0.6) is 5.75 Å². The van der Waals surface area contributed by atoms with Crippen LogP contribution in [0, 0.1) is 5.82 Å². The highest BCUT2D eigenvalue weighted by atomic mass is 19.1. The van der Waals surface area contributed by atoms with Gasteiger partial charge in [0, 0.05) is 36.6 Å². The van der Waals surface area contributed by atoms with Crippen molar-refractivity contribution in [2.45, 2.75) is 25.0 Å². The van der Waals surface area contributed by atoms with Crippen molar-refractivity contribution < 1.29 is 13.9 Å². The van der Waals surface area contributed by atoms with Gasteiger partial charge in [0.1, 0.15) is 24.0 Å². The van der Waals surface area contributed by atoms with Crippen molar-refractivity contribution in [3.8, 4) is 5.75 Å². The molecule has 2 aliphatic rings. The first-order chi connectivity index (χ1) is 16.1. The average Bonchev–Trinajstić information content (AvgIpc) is 3.41. The SMILES string of the molecule is Cn1c(CNc2cccc(C(=O)N[C@@H]3COc4cc(F)ccc43)c2)nnc1C1CCNCN1. The van der Waals surface area contributed by atoms with Crippen LogP contribution in [0.3, 0.4) is 0 Å². The van der Waals surface area contributed by atoms with Gasteiger partial charge in [-0.25, -0.2) is 4.39 Å². The maximum atomic E-state index is 13.4. The van der Waals surface area contributed by atoms with Crippen LogP contribution in [-0.2, 0) is 13.6 Å². The predicted molar refractivity (Wildman–Crippen MR) is 120 cm³/mol. The molecule has 172 valence electrons. The molecule has 0 radical (unpaired) electrons. The molecule has 5 rings (SSSR count). The molecule has 1 saturated heterocycles. The van der Waals surface area contributed by atoms with E-state index < -0.39 is 0 Å². The summed E-state index contributed by atoms with van der Waals surface area (Å²) in [7, 11) is 1.97. The zero-order valence-corrected chi connectivity index (χ0v) is 18.3. The molecule has 0 aliphatic carbocycles. The molecule has 3 heterocycles. The van der Waals surface area contributed by atoms with Crippen molar-refractivity contribution in [2.75, 3.05) is 25.1 Å². The van der Waals surface area contributed by atoms with Crippen LogP contribution in [-0.4, -0.2) is 40.5 Å². The summed E-state index contributed by atoms with van der Waals surface area (Å²) in [6, 6.07) is 11.5. The fourth-order valence-corrected chi connectivity index (χ4v) is 4.18. The third-order valence-electron chi connectivity index (χ3n) is 6.03. The molecule has 1 amide bonds. The molecule has 0 spiro atoms. The molecular weight excluding hydrogens is 425 g/mol. The van der Waals surface area contributed by atoms with Crippen LogP contribution in [0.15, 0.2) is 42.5 Å². The lowest BCUT2D eigenvalue weighted by atomic mass is 10.1. The van der Waals surface area contributed by atoms with Crippen LogP contribution < -0.4 is 26.0 Å². The summed E-state index contributed by atoms with van der Waals surface area (Å²) < 4.78 is 20.9. The van der Waals surface area contributed by atoms with E-state index in [9.17, 15) is 9.18 Å². The van der Waals surface area contributed by atoms with E-state index in [1.165, 1.54) is 12.1 Å². The van der Waals surface area contributed by atoms with E-state index in [1.54, 1.807) is 18.2 Å². The summed E-state index contributed by atoms with van der Waals surface area (Å²) in [5.74, 6) is 1.62. The van der Waals surface area contributed by atoms with E-state index in [0.29, 0.717) is 17.9 Å². The Kier molecular flexibility index (Phi) is 5.93. The third kappa shape index (κ3) is 4.53. The molecule has 2 atom stereocenters. The maximum absolute atomic E-state index is 13.4. The van der Waals surface area contributed by atoms with Gasteiger partial charge in [0.15, 0.2) is 5.82 Å². The molecule has 0 bridgehead atoms. The Morgan fingerprint density at radius 1 is 1.27 bits per heavy atom. The van der Waals surface area contributed by atoms with Crippen molar-refractivity contribution in [3.63, 3.8) is 0 Å². The van der Waals surface area contributed by atoms with Gasteiger partial charge in [-0.3, -0.25) is 10.1 Å². The van der Waals surface area contributed by atoms with Crippen LogP contribution in [0.1, 0.15) is 46.1 Å². The number of rotatable bonds is 6. The predicted octanol–water partition coefficient (Wildman–Crippen LogP) is 2.01. The van der Waals surface area contributed by atoms with Crippen molar-refractivity contribution in [2.24, 2.45) is 7.05 Å². The minimum atomic E-state index is -0.360. The Balaban J connectivity index is 1.22. The van der Waals surface area contributed by atoms with Gasteiger partial charge in [-0.05, 0) is 37.2 Å². The van der Waals surface area contributed by atoms with Gasteiger partial charge in [-0.15, -0.1) is 10.2 Å². The standard InChI is InChI=1S/C23H26FN7O2/c1-31-21(29-30-22(31)18-7-8-25-13-27-18)11-26-16-4-2-3-14(9-16)23(32)28-19-12-33-20-10-15(24)5-6-17(19)20/h2-6,9-10,18-19,25-27H,7-8,11-13H2,1H3,(H,28,32)/t18?,19-/m1/s1. The number of carbonyl (C=O) groups is 1. The first-order valence-corrected chi connectivity index (χ1v) is 11.0. The molecule has 1 aromatic heterocycles. The van der Waals surface area contributed by atoms with Gasteiger partial charge in [0.05, 0.1) is 18.6 Å². The van der Waals surface area contributed by atoms with Crippen LogP contribution in [0.2, 0.25) is 0 Å². The minimum Gasteiger partial charge on any atom is -0.491 e. The van der Waals surface area contributed by atoms with E-state index >= 15 is 0 Å². The molecule has 33 heavy (non-hydrogen) atoms. The van der Waals surface area contributed by atoms with E-state index in [0.717, 1.165) is 42.5 Å². The lowest BCUT2D eigenvalue weighted by Crippen LogP contribution is -2.40. The van der Waals surface area contributed by atoms with Crippen molar-refractivity contribution in [3.05, 3.63) is 71.1 Å². The second-order valence-electron chi connectivity index (χ2n) is 8.21. The molecule has 4 N–H and O–H groups in total. The van der Waals surface area contributed by atoms with Crippen molar-refractivity contribution in [1.29, 1.82) is 0 Å². The van der Waals surface area contributed by atoms with Gasteiger partial charge in [0.2, 0.25) is 0 Å². The number of hydrogen-bond donors (Lipinski definition) is 4. The normalized spacial score (nSPS) is 19.6. The fourth-order valence-electron chi connectivity index (χ4n) is 4.18. The highest BCUT2D eigenvalue weighted by molar-refractivity contribution is 5.95. The van der Waals surface area contributed by atoms with Crippen LogP contribution in [0.25, 0.3) is 0 Å². The Morgan fingerprint density at radius 3 is 3.03 bits per heavy atom. The summed E-state index contributed by atoms with van der Waals surface area (Å²) in [6.45, 7) is 2.47. The first kappa shape index (κ1) is 21.4. The number of aromatic nitrogens is 3. The molecule has 3 aromatic rings. The second-order valence-corrected chi connectivity index (χ2v) is 8.21. The van der Waals surface area contributed by atoms with Gasteiger partial charge in [-0.2, -0.15) is 0 Å². The third-order valence-corrected chi connectivity index (χ3v) is 6.03. The number of anilines is 1. The topological polar surface area (TPSA) is 105 Å². The quantitative estimate of drug-likeness (QED) is 0.454. The summed E-state index contributed by atoms with van der Waals surface area (Å²) >= 11 is 0. The molecule has 2 aromatic carbocycles. The number of halogens is 1. The summed E-state index contributed by atoms with van der Waals surface area (Å²) in [4.78, 5) is 12.8. The number of carbonyl (C=O) groups excluding carboxylic acids is 1. The number of amides is 1. The van der Waals surface area contributed by atoms with Crippen molar-refractivity contribution in [1.82, 2.24) is 30.7 Å². The zero-order chi connectivity index (χ0) is 22.8. The van der Waals surface area contributed by atoms with Gasteiger partial charge in [-0.1, -0.05) is 12.1 Å². The Morgan fingerprint density at radius 2 is 2.18 bits per heavy atom. The molecule has 1 fully saturated rings. The largest absolute Gasteiger partial charge is 0.491 e. The Bertz CT molecular complexity index is 1160. The van der Waals surface area contributed by atoms with E-state index in [4.69, 9.17) is 4.74 Å². The van der Waals surface area contributed by atoms with Gasteiger partial charge in [0.25, 0.3) is 5.91 Å². The van der Waals surface area contributed by atoms with E-state index in [-0.39, 0.29) is 30.4 Å². The lowest BCUT2D eigenvalue weighted by Gasteiger charge is -2.23. The van der Waals surface area contributed by atoms with Gasteiger partial charge < -0.3 is 25.3 Å². The summed E-state index contributed by atoms with van der Waals surface area (Å²) in [5.41, 5.74) is 2.10. The molecular formula is C23H26FN7O2. The average molecular weight is 452 g/mol. The summed E-state index contributed by atoms with van der Waals surface area (Å²) in [6.07, 6.45) is 0.960. The monoisotopic (exact) mass is 451 g/mol. The number of benzene rings is 2. The molecule has 10 heteroatoms. The number of nitrogens with zero attached hydrogens (tertiary/aromatic N) is 3. The fraction of sp³-hybridized carbons (Fsp3) is 0.348. The molecule has 0 saturated carbocycles. The number of ether oxygens (including phenoxy) is 1. The number of hydrogen-bond acceptors (Lipinski definition) is 7. The minimum absolute atomic E-state index is 0.186. The molecule has 9 nitrogen and oxygen atoms in total. The Hall–Kier alpha value is -3.50. The highest BCUT2D eigenvalue weighted by Gasteiger charge is 2.26. The number of fused-ring (bicyclic) bond motifs is 1. The van der Waals surface area contributed by atoms with Crippen LogP contribution >= 0.6 is 0 Å². The summed E-state index contributed by atoms with van der Waals surface area (Å²) in [5, 5.41) is 21.6. The maximum Gasteiger partial charge on any atom is 0.251 e. The van der Waals surface area contributed by atoms with Crippen LogP contribution in [0.4, 0.5) is 10.1 Å². The van der Waals surface area contributed by atoms with Gasteiger partial charge >= 0.3 is 0 Å². The first-order valence-electron chi connectivity index (χ1n) is 11.0. The zero-order valence-electron chi connectivity index (χ0n) is 18.3. The lowest BCUT2D eigenvalue weighted by molar-refractivity contribution is 0.0930. The smallest absolute Gasteiger partial charge is 0.251 e. The molecule has 1 unspecified atom stereocenters. The molecule has 2 aliphatic heterocycles. The number of nitrogens with one attached hydrogen (secondary N) is 4. The van der Waals surface area contributed by atoms with E-state index in [1.807, 2.05) is 23.7 Å².